The Balaban J connectivity index is 1.66. The van der Waals surface area contributed by atoms with Crippen LogP contribution in [-0.4, -0.2) is 34.6 Å². The Morgan fingerprint density at radius 3 is 2.50 bits per heavy atom. The van der Waals surface area contributed by atoms with Gasteiger partial charge in [0, 0.05) is 5.02 Å². The number of carboxylic acids is 1. The van der Waals surface area contributed by atoms with E-state index in [1.54, 1.807) is 25.1 Å². The lowest BCUT2D eigenvalue weighted by Gasteiger charge is -2.29. The van der Waals surface area contributed by atoms with Gasteiger partial charge >= 0.3 is 5.97 Å². The van der Waals surface area contributed by atoms with Crippen LogP contribution >= 0.6 is 35.4 Å². The zero-order valence-electron chi connectivity index (χ0n) is 19.9. The molecule has 1 heterocycles. The number of carbonyl (C=O) groups is 3. The number of nitrogens with zero attached hydrogens (tertiary/aromatic N) is 1. The summed E-state index contributed by atoms with van der Waals surface area (Å²) >= 11 is 17.6. The molecule has 2 amide bonds. The van der Waals surface area contributed by atoms with E-state index < -0.39 is 17.8 Å². The average Bonchev–Trinajstić information content (AvgIpc) is 2.87. The van der Waals surface area contributed by atoms with E-state index in [1.807, 2.05) is 12.1 Å². The number of benzene rings is 3. The van der Waals surface area contributed by atoms with Crippen molar-refractivity contribution in [1.29, 1.82) is 0 Å². The number of ether oxygens (including phenoxy) is 2. The van der Waals surface area contributed by atoms with Crippen molar-refractivity contribution in [2.24, 2.45) is 0 Å². The van der Waals surface area contributed by atoms with Crippen molar-refractivity contribution in [3.8, 4) is 11.5 Å². The number of amides is 2. The van der Waals surface area contributed by atoms with Crippen molar-refractivity contribution in [1.82, 2.24) is 5.32 Å². The summed E-state index contributed by atoms with van der Waals surface area (Å²) in [5.74, 6) is -1.97. The molecular formula is C27H20Cl2N2O6S. The molecular weight excluding hydrogens is 551 g/mol. The molecule has 0 atom stereocenters. The SMILES string of the molecule is CCOc1cc(C=C2C(=O)NC(=S)N(c3cccc(C(=O)O)c3)C2=O)cc(Cl)c1OCc1ccc(Cl)cc1. The van der Waals surface area contributed by atoms with Gasteiger partial charge in [-0.05, 0) is 78.8 Å². The van der Waals surface area contributed by atoms with Gasteiger partial charge in [0.25, 0.3) is 11.8 Å². The van der Waals surface area contributed by atoms with Crippen LogP contribution in [0, 0.1) is 0 Å². The van der Waals surface area contributed by atoms with Gasteiger partial charge < -0.3 is 14.6 Å². The van der Waals surface area contributed by atoms with E-state index in [1.165, 1.54) is 36.4 Å². The Bertz CT molecular complexity index is 1470. The zero-order valence-corrected chi connectivity index (χ0v) is 22.2. The van der Waals surface area contributed by atoms with Crippen molar-refractivity contribution in [2.75, 3.05) is 11.5 Å². The maximum atomic E-state index is 13.3. The molecule has 1 aliphatic rings. The lowest BCUT2D eigenvalue weighted by Crippen LogP contribution is -2.54. The molecule has 11 heteroatoms. The molecule has 1 aliphatic heterocycles. The van der Waals surface area contributed by atoms with Gasteiger partial charge in [-0.3, -0.25) is 19.8 Å². The smallest absolute Gasteiger partial charge is 0.335 e. The lowest BCUT2D eigenvalue weighted by atomic mass is 10.1. The molecule has 3 aromatic carbocycles. The van der Waals surface area contributed by atoms with Gasteiger partial charge in [-0.15, -0.1) is 0 Å². The van der Waals surface area contributed by atoms with E-state index in [2.05, 4.69) is 5.32 Å². The van der Waals surface area contributed by atoms with Crippen LogP contribution in [0.25, 0.3) is 6.08 Å². The van der Waals surface area contributed by atoms with Gasteiger partial charge in [-0.2, -0.15) is 0 Å². The second-order valence-corrected chi connectivity index (χ2v) is 9.22. The van der Waals surface area contributed by atoms with Crippen LogP contribution in [0.15, 0.2) is 66.2 Å². The molecule has 0 spiro atoms. The van der Waals surface area contributed by atoms with Crippen LogP contribution in [0.1, 0.15) is 28.4 Å². The first-order chi connectivity index (χ1) is 18.2. The second-order valence-electron chi connectivity index (χ2n) is 7.99. The molecule has 194 valence electrons. The summed E-state index contributed by atoms with van der Waals surface area (Å²) in [6.45, 7) is 2.32. The van der Waals surface area contributed by atoms with Gasteiger partial charge in [0.15, 0.2) is 16.6 Å². The fraction of sp³-hybridized carbons (Fsp3) is 0.111. The number of aromatic carboxylic acids is 1. The first-order valence-corrected chi connectivity index (χ1v) is 12.4. The Morgan fingerprint density at radius 1 is 1.08 bits per heavy atom. The van der Waals surface area contributed by atoms with Crippen LogP contribution in [0.2, 0.25) is 10.0 Å². The van der Waals surface area contributed by atoms with Crippen molar-refractivity contribution in [2.45, 2.75) is 13.5 Å². The van der Waals surface area contributed by atoms with Gasteiger partial charge in [0.1, 0.15) is 12.2 Å². The molecule has 38 heavy (non-hydrogen) atoms. The van der Waals surface area contributed by atoms with Crippen molar-refractivity contribution in [3.63, 3.8) is 0 Å². The van der Waals surface area contributed by atoms with Crippen molar-refractivity contribution >= 4 is 70.1 Å². The largest absolute Gasteiger partial charge is 0.490 e. The highest BCUT2D eigenvalue weighted by Crippen LogP contribution is 2.38. The lowest BCUT2D eigenvalue weighted by molar-refractivity contribution is -0.122. The molecule has 1 fully saturated rings. The maximum Gasteiger partial charge on any atom is 0.335 e. The van der Waals surface area contributed by atoms with Crippen LogP contribution in [0.5, 0.6) is 11.5 Å². The maximum absolute atomic E-state index is 13.3. The minimum Gasteiger partial charge on any atom is -0.490 e. The Kier molecular flexibility index (Phi) is 8.31. The fourth-order valence-electron chi connectivity index (χ4n) is 3.65. The Labute approximate surface area is 233 Å². The van der Waals surface area contributed by atoms with Crippen LogP contribution in [0.4, 0.5) is 5.69 Å². The van der Waals surface area contributed by atoms with E-state index in [0.29, 0.717) is 28.7 Å². The summed E-state index contributed by atoms with van der Waals surface area (Å²) in [4.78, 5) is 38.5. The van der Waals surface area contributed by atoms with Crippen LogP contribution in [-0.2, 0) is 16.2 Å². The molecule has 1 saturated heterocycles. The first-order valence-electron chi connectivity index (χ1n) is 11.3. The predicted octanol–water partition coefficient (Wildman–Crippen LogP) is 5.50. The number of hydrogen-bond acceptors (Lipinski definition) is 6. The summed E-state index contributed by atoms with van der Waals surface area (Å²) < 4.78 is 11.6. The number of rotatable bonds is 8. The van der Waals surface area contributed by atoms with Gasteiger partial charge in [0.05, 0.1) is 22.9 Å². The molecule has 4 rings (SSSR count). The summed E-state index contributed by atoms with van der Waals surface area (Å²) in [6, 6.07) is 16.0. The van der Waals surface area contributed by atoms with Crippen molar-refractivity contribution < 1.29 is 29.0 Å². The fourth-order valence-corrected chi connectivity index (χ4v) is 4.33. The molecule has 0 bridgehead atoms. The van der Waals surface area contributed by atoms with Gasteiger partial charge in [-0.1, -0.05) is 41.4 Å². The zero-order chi connectivity index (χ0) is 27.4. The number of carboxylic acid groups (broad SMARTS) is 1. The van der Waals surface area contributed by atoms with E-state index in [-0.39, 0.29) is 33.6 Å². The molecule has 0 aliphatic carbocycles. The molecule has 0 radical (unpaired) electrons. The minimum absolute atomic E-state index is 0.0390. The highest BCUT2D eigenvalue weighted by molar-refractivity contribution is 7.80. The van der Waals surface area contributed by atoms with E-state index in [0.717, 1.165) is 10.5 Å². The summed E-state index contributed by atoms with van der Waals surface area (Å²) in [7, 11) is 0. The third-order valence-electron chi connectivity index (χ3n) is 5.39. The number of hydrogen-bond donors (Lipinski definition) is 2. The number of anilines is 1. The number of thiocarbonyl (C=S) groups is 1. The molecule has 0 unspecified atom stereocenters. The number of nitrogens with one attached hydrogen (secondary N) is 1. The second kappa shape index (κ2) is 11.6. The number of carbonyl (C=O) groups excluding carboxylic acids is 2. The Morgan fingerprint density at radius 2 is 1.82 bits per heavy atom. The first kappa shape index (κ1) is 27.1. The highest BCUT2D eigenvalue weighted by atomic mass is 35.5. The normalized spacial score (nSPS) is 14.4. The third-order valence-corrected chi connectivity index (χ3v) is 6.21. The van der Waals surface area contributed by atoms with E-state index >= 15 is 0 Å². The van der Waals surface area contributed by atoms with Crippen LogP contribution < -0.4 is 19.7 Å². The summed E-state index contributed by atoms with van der Waals surface area (Å²) in [6.07, 6.45) is 1.35. The quantitative estimate of drug-likeness (QED) is 0.209. The van der Waals surface area contributed by atoms with Gasteiger partial charge in [-0.25, -0.2) is 4.79 Å². The summed E-state index contributed by atoms with van der Waals surface area (Å²) in [5.41, 5.74) is 1.20. The monoisotopic (exact) mass is 570 g/mol. The number of halogens is 2. The van der Waals surface area contributed by atoms with E-state index in [9.17, 15) is 19.5 Å². The van der Waals surface area contributed by atoms with E-state index in [4.69, 9.17) is 44.9 Å². The predicted molar refractivity (Wildman–Crippen MR) is 148 cm³/mol. The molecule has 0 aromatic heterocycles. The molecule has 8 nitrogen and oxygen atoms in total. The standard InChI is InChI=1S/C27H20Cl2N2O6S/c1-2-36-22-12-16(11-21(29)23(22)37-14-15-6-8-18(28)9-7-15)10-20-24(32)30-27(38)31(25(20)33)19-5-3-4-17(13-19)26(34)35/h3-13H,2,14H2,1H3,(H,34,35)(H,30,32,38). The average molecular weight is 571 g/mol. The molecule has 0 saturated carbocycles. The third kappa shape index (κ3) is 5.96. The van der Waals surface area contributed by atoms with Crippen molar-refractivity contribution in [3.05, 3.63) is 93.0 Å². The Hall–Kier alpha value is -3.92. The topological polar surface area (TPSA) is 105 Å². The molecule has 3 aromatic rings. The van der Waals surface area contributed by atoms with Gasteiger partial charge in [0.2, 0.25) is 0 Å². The molecule has 2 N–H and O–H groups in total. The summed E-state index contributed by atoms with van der Waals surface area (Å²) in [5, 5.41) is 12.4. The van der Waals surface area contributed by atoms with Crippen LogP contribution in [0.3, 0.4) is 0 Å². The highest BCUT2D eigenvalue weighted by Gasteiger charge is 2.35. The minimum atomic E-state index is -1.17.